The van der Waals surface area contributed by atoms with E-state index in [9.17, 15) is 9.90 Å². The molecule has 1 aromatic heterocycles. The number of hydrogen-bond acceptors (Lipinski definition) is 5. The van der Waals surface area contributed by atoms with E-state index in [2.05, 4.69) is 10.3 Å². The number of nitrogens with two attached hydrogens (primary N) is 2. The van der Waals surface area contributed by atoms with Gasteiger partial charge in [0.15, 0.2) is 0 Å². The number of nitrogen functional groups attached to an aromatic ring is 1. The van der Waals surface area contributed by atoms with Gasteiger partial charge in [0, 0.05) is 6.54 Å². The number of aliphatic hydroxyl groups is 1. The lowest BCUT2D eigenvalue weighted by Crippen LogP contribution is -2.39. The quantitative estimate of drug-likeness (QED) is 0.644. The van der Waals surface area contributed by atoms with Crippen LogP contribution in [0.4, 0.5) is 11.5 Å². The summed E-state index contributed by atoms with van der Waals surface area (Å²) in [4.78, 5) is 15.4. The fraction of sp³-hybridized carbons (Fsp3) is 0.538. The van der Waals surface area contributed by atoms with Crippen molar-refractivity contribution in [2.45, 2.75) is 37.7 Å². The van der Waals surface area contributed by atoms with E-state index in [1.807, 2.05) is 0 Å². The molecule has 19 heavy (non-hydrogen) atoms. The van der Waals surface area contributed by atoms with Gasteiger partial charge in [-0.3, -0.25) is 4.79 Å². The summed E-state index contributed by atoms with van der Waals surface area (Å²) >= 11 is 0. The van der Waals surface area contributed by atoms with Gasteiger partial charge in [-0.1, -0.05) is 19.3 Å². The third kappa shape index (κ3) is 3.35. The molecule has 1 aromatic rings. The van der Waals surface area contributed by atoms with Gasteiger partial charge in [-0.15, -0.1) is 0 Å². The lowest BCUT2D eigenvalue weighted by Gasteiger charge is -2.32. The van der Waals surface area contributed by atoms with Crippen molar-refractivity contribution < 1.29 is 9.90 Å². The summed E-state index contributed by atoms with van der Waals surface area (Å²) in [5, 5.41) is 13.4. The van der Waals surface area contributed by atoms with Crippen LogP contribution < -0.4 is 16.8 Å². The van der Waals surface area contributed by atoms with Gasteiger partial charge in [-0.05, 0) is 18.9 Å². The summed E-state index contributed by atoms with van der Waals surface area (Å²) in [6.45, 7) is 0.365. The number of carbonyl (C=O) groups excluding carboxylic acids is 1. The minimum Gasteiger partial charge on any atom is -0.397 e. The minimum absolute atomic E-state index is 0.249. The van der Waals surface area contributed by atoms with Crippen molar-refractivity contribution in [3.8, 4) is 0 Å². The van der Waals surface area contributed by atoms with E-state index < -0.39 is 11.5 Å². The van der Waals surface area contributed by atoms with Crippen molar-refractivity contribution in [1.29, 1.82) is 0 Å². The second-order valence-electron chi connectivity index (χ2n) is 5.17. The molecule has 1 aliphatic carbocycles. The molecule has 0 radical (unpaired) electrons. The summed E-state index contributed by atoms with van der Waals surface area (Å²) in [6, 6.07) is 1.49. The van der Waals surface area contributed by atoms with Gasteiger partial charge in [-0.2, -0.15) is 0 Å². The number of pyridine rings is 1. The molecule has 0 aromatic carbocycles. The summed E-state index contributed by atoms with van der Waals surface area (Å²) < 4.78 is 0. The number of primary amides is 1. The molecule has 1 aliphatic rings. The third-order valence-electron chi connectivity index (χ3n) is 3.54. The number of anilines is 2. The number of rotatable bonds is 4. The Balaban J connectivity index is 2.08. The molecule has 0 spiro atoms. The Morgan fingerprint density at radius 1 is 1.42 bits per heavy atom. The molecular weight excluding hydrogens is 244 g/mol. The molecule has 0 aliphatic heterocycles. The van der Waals surface area contributed by atoms with Crippen LogP contribution in [0.3, 0.4) is 0 Å². The number of nitrogens with zero attached hydrogens (tertiary/aromatic N) is 1. The number of hydrogen-bond donors (Lipinski definition) is 4. The molecule has 1 amide bonds. The average Bonchev–Trinajstić information content (AvgIpc) is 2.38. The maximum atomic E-state index is 11.3. The topological polar surface area (TPSA) is 114 Å². The van der Waals surface area contributed by atoms with Gasteiger partial charge < -0.3 is 21.9 Å². The molecule has 0 bridgehead atoms. The van der Waals surface area contributed by atoms with Crippen molar-refractivity contribution in [1.82, 2.24) is 4.98 Å². The Bertz CT molecular complexity index is 470. The van der Waals surface area contributed by atoms with Crippen LogP contribution in [-0.2, 0) is 0 Å². The first-order valence-electron chi connectivity index (χ1n) is 6.52. The molecule has 6 nitrogen and oxygen atoms in total. The third-order valence-corrected chi connectivity index (χ3v) is 3.54. The van der Waals surface area contributed by atoms with Crippen molar-refractivity contribution in [2.75, 3.05) is 17.6 Å². The van der Waals surface area contributed by atoms with Crippen molar-refractivity contribution in [2.24, 2.45) is 5.73 Å². The zero-order valence-electron chi connectivity index (χ0n) is 10.9. The smallest absolute Gasteiger partial charge is 0.252 e. The van der Waals surface area contributed by atoms with E-state index in [1.165, 1.54) is 12.3 Å². The first-order valence-corrected chi connectivity index (χ1v) is 6.52. The number of carbonyl (C=O) groups is 1. The van der Waals surface area contributed by atoms with Crippen molar-refractivity contribution in [3.05, 3.63) is 17.8 Å². The highest BCUT2D eigenvalue weighted by atomic mass is 16.3. The van der Waals surface area contributed by atoms with Crippen molar-refractivity contribution in [3.63, 3.8) is 0 Å². The molecule has 6 N–H and O–H groups in total. The molecule has 104 valence electrons. The Morgan fingerprint density at radius 2 is 2.11 bits per heavy atom. The Hall–Kier alpha value is -1.82. The molecule has 1 heterocycles. The minimum atomic E-state index is -0.726. The van der Waals surface area contributed by atoms with Crippen LogP contribution in [0.25, 0.3) is 0 Å². The molecule has 0 atom stereocenters. The van der Waals surface area contributed by atoms with Gasteiger partial charge >= 0.3 is 0 Å². The standard InChI is InChI=1S/C13H20N4O2/c14-9-6-10(11(15)18)12(16-7-9)17-8-13(19)4-2-1-3-5-13/h6-7,19H,1-5,8,14H2,(H2,15,18)(H,16,17). The van der Waals surface area contributed by atoms with Crippen LogP contribution >= 0.6 is 0 Å². The highest BCUT2D eigenvalue weighted by Crippen LogP contribution is 2.28. The summed E-state index contributed by atoms with van der Waals surface area (Å²) in [6.07, 6.45) is 6.20. The predicted molar refractivity (Wildman–Crippen MR) is 73.7 cm³/mol. The van der Waals surface area contributed by atoms with Gasteiger partial charge in [0.1, 0.15) is 5.82 Å². The summed E-state index contributed by atoms with van der Waals surface area (Å²) in [5.74, 6) is -0.210. The van der Waals surface area contributed by atoms with Gasteiger partial charge in [-0.25, -0.2) is 4.98 Å². The van der Waals surface area contributed by atoms with Gasteiger partial charge in [0.2, 0.25) is 0 Å². The van der Waals surface area contributed by atoms with Crippen LogP contribution in [0.15, 0.2) is 12.3 Å². The molecule has 1 fully saturated rings. The molecular formula is C13H20N4O2. The first kappa shape index (κ1) is 13.6. The second kappa shape index (κ2) is 5.44. The lowest BCUT2D eigenvalue weighted by molar-refractivity contribution is 0.0166. The Labute approximate surface area is 112 Å². The van der Waals surface area contributed by atoms with Crippen LogP contribution in [0.5, 0.6) is 0 Å². The lowest BCUT2D eigenvalue weighted by atomic mass is 9.85. The second-order valence-corrected chi connectivity index (χ2v) is 5.17. The van der Waals surface area contributed by atoms with E-state index in [0.717, 1.165) is 32.1 Å². The van der Waals surface area contributed by atoms with Crippen molar-refractivity contribution >= 4 is 17.4 Å². The maximum Gasteiger partial charge on any atom is 0.252 e. The van der Waals surface area contributed by atoms with E-state index in [-0.39, 0.29) is 5.56 Å². The normalized spacial score (nSPS) is 17.9. The van der Waals surface area contributed by atoms with Crippen LogP contribution in [0, 0.1) is 0 Å². The Kier molecular flexibility index (Phi) is 3.90. The largest absolute Gasteiger partial charge is 0.397 e. The van der Waals surface area contributed by atoms with E-state index >= 15 is 0 Å². The van der Waals surface area contributed by atoms with Crippen LogP contribution in [0.2, 0.25) is 0 Å². The number of amides is 1. The zero-order valence-corrected chi connectivity index (χ0v) is 10.9. The highest BCUT2D eigenvalue weighted by molar-refractivity contribution is 5.98. The molecule has 0 saturated heterocycles. The fourth-order valence-corrected chi connectivity index (χ4v) is 2.44. The zero-order chi connectivity index (χ0) is 13.9. The number of aromatic nitrogens is 1. The highest BCUT2D eigenvalue weighted by Gasteiger charge is 2.29. The monoisotopic (exact) mass is 264 g/mol. The van der Waals surface area contributed by atoms with Crippen LogP contribution in [-0.4, -0.2) is 28.1 Å². The van der Waals surface area contributed by atoms with Crippen LogP contribution in [0.1, 0.15) is 42.5 Å². The SMILES string of the molecule is NC(=O)c1cc(N)cnc1NCC1(O)CCCCC1. The van der Waals surface area contributed by atoms with E-state index in [4.69, 9.17) is 11.5 Å². The fourth-order valence-electron chi connectivity index (χ4n) is 2.44. The maximum absolute atomic E-state index is 11.3. The predicted octanol–water partition coefficient (Wildman–Crippen LogP) is 0.870. The molecule has 1 saturated carbocycles. The molecule has 0 unspecified atom stereocenters. The summed E-state index contributed by atoms with van der Waals surface area (Å²) in [7, 11) is 0. The molecule has 2 rings (SSSR count). The van der Waals surface area contributed by atoms with Gasteiger partial charge in [0.25, 0.3) is 5.91 Å². The number of nitrogens with one attached hydrogen (secondary N) is 1. The van der Waals surface area contributed by atoms with E-state index in [0.29, 0.717) is 18.1 Å². The molecule has 6 heteroatoms. The first-order chi connectivity index (χ1) is 9.00. The summed E-state index contributed by atoms with van der Waals surface area (Å²) in [5.41, 5.74) is 10.8. The van der Waals surface area contributed by atoms with Gasteiger partial charge in [0.05, 0.1) is 23.0 Å². The van der Waals surface area contributed by atoms with E-state index in [1.54, 1.807) is 0 Å². The average molecular weight is 264 g/mol. The Morgan fingerprint density at radius 3 is 2.74 bits per heavy atom.